The predicted octanol–water partition coefficient (Wildman–Crippen LogP) is 2.46. The molecule has 0 N–H and O–H groups in total. The molecule has 74 valence electrons. The topological polar surface area (TPSA) is 22.1 Å². The maximum Gasteiger partial charge on any atom is 0.138 e. The van der Waals surface area contributed by atoms with E-state index in [9.17, 15) is 0 Å². The highest BCUT2D eigenvalue weighted by Gasteiger charge is 1.91. The Kier molecular flexibility index (Phi) is 4.88. The van der Waals surface area contributed by atoms with Crippen LogP contribution in [0.25, 0.3) is 0 Å². The van der Waals surface area contributed by atoms with Gasteiger partial charge in [-0.05, 0) is 12.5 Å². The van der Waals surface area contributed by atoms with Crippen molar-refractivity contribution in [2.45, 2.75) is 12.8 Å². The van der Waals surface area contributed by atoms with Crippen LogP contribution in [0.4, 0.5) is 0 Å². The molecule has 0 aromatic carbocycles. The Bertz CT molecular complexity index is 341. The Labute approximate surface area is 89.3 Å². The third-order valence-electron chi connectivity index (χ3n) is 1.62. The fraction of sp³-hybridized carbons (Fsp3) is 0.364. The number of unbranched alkanes of at least 4 members (excludes halogenated alkanes) is 1. The van der Waals surface area contributed by atoms with Crippen LogP contribution in [0.3, 0.4) is 0 Å². The van der Waals surface area contributed by atoms with E-state index in [1.807, 2.05) is 6.07 Å². The number of nitrogens with zero attached hydrogens (tertiary/aromatic N) is 1. The molecule has 0 amide bonds. The van der Waals surface area contributed by atoms with E-state index in [1.165, 1.54) is 0 Å². The summed E-state index contributed by atoms with van der Waals surface area (Å²) in [5.74, 6) is 7.42. The zero-order chi connectivity index (χ0) is 10.2. The van der Waals surface area contributed by atoms with Crippen molar-refractivity contribution in [3.05, 3.63) is 24.0 Å². The Morgan fingerprint density at radius 2 is 2.36 bits per heavy atom. The van der Waals surface area contributed by atoms with Crippen molar-refractivity contribution in [3.8, 4) is 17.6 Å². The largest absolute Gasteiger partial charge is 0.495 e. The minimum absolute atomic E-state index is 0.658. The van der Waals surface area contributed by atoms with Gasteiger partial charge in [0.25, 0.3) is 0 Å². The molecule has 0 aliphatic carbocycles. The molecule has 1 aromatic rings. The molecule has 0 saturated carbocycles. The molecular weight excluding hydrogens is 198 g/mol. The Morgan fingerprint density at radius 1 is 1.50 bits per heavy atom. The van der Waals surface area contributed by atoms with Gasteiger partial charge in [-0.15, -0.1) is 11.6 Å². The number of aromatic nitrogens is 1. The quantitative estimate of drug-likeness (QED) is 0.434. The fourth-order valence-corrected chi connectivity index (χ4v) is 1.05. The first-order chi connectivity index (χ1) is 6.86. The van der Waals surface area contributed by atoms with Gasteiger partial charge >= 0.3 is 0 Å². The van der Waals surface area contributed by atoms with E-state index < -0.39 is 0 Å². The first-order valence-electron chi connectivity index (χ1n) is 4.40. The lowest BCUT2D eigenvalue weighted by Gasteiger charge is -1.97. The Morgan fingerprint density at radius 3 is 3.07 bits per heavy atom. The molecule has 14 heavy (non-hydrogen) atoms. The van der Waals surface area contributed by atoms with Crippen molar-refractivity contribution in [1.29, 1.82) is 0 Å². The van der Waals surface area contributed by atoms with Crippen molar-refractivity contribution >= 4 is 11.6 Å². The average molecular weight is 210 g/mol. The van der Waals surface area contributed by atoms with Gasteiger partial charge in [0.15, 0.2) is 0 Å². The molecule has 0 spiro atoms. The number of ether oxygens (including phenoxy) is 1. The van der Waals surface area contributed by atoms with Gasteiger partial charge < -0.3 is 4.74 Å². The van der Waals surface area contributed by atoms with E-state index in [4.69, 9.17) is 16.3 Å². The summed E-state index contributed by atoms with van der Waals surface area (Å²) in [4.78, 5) is 4.00. The van der Waals surface area contributed by atoms with Crippen molar-refractivity contribution < 1.29 is 4.74 Å². The molecule has 1 aromatic heterocycles. The molecule has 0 unspecified atom stereocenters. The standard InChI is InChI=1S/C11H12ClNO/c1-14-11-7-10(8-13-9-11)5-3-2-4-6-12/h7-9H,2,4,6H2,1H3. The number of methoxy groups -OCH3 is 1. The van der Waals surface area contributed by atoms with Crippen LogP contribution < -0.4 is 4.74 Å². The molecule has 0 aliphatic heterocycles. The highest BCUT2D eigenvalue weighted by molar-refractivity contribution is 6.17. The van der Waals surface area contributed by atoms with E-state index in [0.717, 1.165) is 24.2 Å². The smallest absolute Gasteiger partial charge is 0.138 e. The minimum Gasteiger partial charge on any atom is -0.495 e. The second-order valence-corrected chi connectivity index (χ2v) is 3.09. The number of alkyl halides is 1. The monoisotopic (exact) mass is 209 g/mol. The van der Waals surface area contributed by atoms with Gasteiger partial charge in [-0.1, -0.05) is 11.8 Å². The third kappa shape index (κ3) is 3.68. The number of pyridine rings is 1. The van der Waals surface area contributed by atoms with Gasteiger partial charge in [-0.2, -0.15) is 0 Å². The lowest BCUT2D eigenvalue weighted by atomic mass is 10.2. The molecule has 0 radical (unpaired) electrons. The summed E-state index contributed by atoms with van der Waals surface area (Å²) >= 11 is 5.53. The van der Waals surface area contributed by atoms with Crippen LogP contribution >= 0.6 is 11.6 Å². The molecular formula is C11H12ClNO. The van der Waals surface area contributed by atoms with Gasteiger partial charge in [0.1, 0.15) is 5.75 Å². The van der Waals surface area contributed by atoms with Crippen LogP contribution in [-0.2, 0) is 0 Å². The number of hydrogen-bond donors (Lipinski definition) is 0. The van der Waals surface area contributed by atoms with Crippen LogP contribution in [-0.4, -0.2) is 18.0 Å². The van der Waals surface area contributed by atoms with E-state index in [2.05, 4.69) is 16.8 Å². The summed E-state index contributed by atoms with van der Waals surface area (Å²) in [6, 6.07) is 1.86. The van der Waals surface area contributed by atoms with Gasteiger partial charge in [0.2, 0.25) is 0 Å². The zero-order valence-corrected chi connectivity index (χ0v) is 8.84. The first kappa shape index (κ1) is 10.9. The van der Waals surface area contributed by atoms with Gasteiger partial charge in [0.05, 0.1) is 13.3 Å². The Balaban J connectivity index is 2.60. The third-order valence-corrected chi connectivity index (χ3v) is 1.88. The lowest BCUT2D eigenvalue weighted by Crippen LogP contribution is -1.85. The van der Waals surface area contributed by atoms with Gasteiger partial charge in [-0.25, -0.2) is 0 Å². The summed E-state index contributed by atoms with van der Waals surface area (Å²) in [7, 11) is 1.61. The summed E-state index contributed by atoms with van der Waals surface area (Å²) in [6.45, 7) is 0. The lowest BCUT2D eigenvalue weighted by molar-refractivity contribution is 0.413. The van der Waals surface area contributed by atoms with Crippen LogP contribution in [0.1, 0.15) is 18.4 Å². The van der Waals surface area contributed by atoms with Crippen molar-refractivity contribution in [3.63, 3.8) is 0 Å². The van der Waals surface area contributed by atoms with E-state index in [-0.39, 0.29) is 0 Å². The maximum atomic E-state index is 5.53. The van der Waals surface area contributed by atoms with Crippen molar-refractivity contribution in [1.82, 2.24) is 4.98 Å². The predicted molar refractivity (Wildman–Crippen MR) is 57.6 cm³/mol. The van der Waals surface area contributed by atoms with Crippen LogP contribution in [0.5, 0.6) is 5.75 Å². The molecule has 1 heterocycles. The number of hydrogen-bond acceptors (Lipinski definition) is 2. The second kappa shape index (κ2) is 6.28. The molecule has 0 fully saturated rings. The minimum atomic E-state index is 0.658. The van der Waals surface area contributed by atoms with E-state index >= 15 is 0 Å². The van der Waals surface area contributed by atoms with Crippen molar-refractivity contribution in [2.75, 3.05) is 13.0 Å². The number of rotatable bonds is 3. The molecule has 0 bridgehead atoms. The fourth-order valence-electron chi connectivity index (χ4n) is 0.919. The maximum absolute atomic E-state index is 5.53. The normalized spacial score (nSPS) is 9.00. The van der Waals surface area contributed by atoms with Gasteiger partial charge in [-0.3, -0.25) is 4.98 Å². The summed E-state index contributed by atoms with van der Waals surface area (Å²) in [5.41, 5.74) is 0.874. The summed E-state index contributed by atoms with van der Waals surface area (Å²) in [5, 5.41) is 0. The molecule has 0 saturated heterocycles. The van der Waals surface area contributed by atoms with Crippen LogP contribution in [0, 0.1) is 11.8 Å². The molecule has 1 rings (SSSR count). The van der Waals surface area contributed by atoms with E-state index in [1.54, 1.807) is 19.5 Å². The van der Waals surface area contributed by atoms with Crippen LogP contribution in [0.2, 0.25) is 0 Å². The van der Waals surface area contributed by atoms with Gasteiger partial charge in [0, 0.05) is 24.1 Å². The molecule has 0 atom stereocenters. The highest BCUT2D eigenvalue weighted by atomic mass is 35.5. The van der Waals surface area contributed by atoms with Crippen molar-refractivity contribution in [2.24, 2.45) is 0 Å². The zero-order valence-electron chi connectivity index (χ0n) is 8.09. The second-order valence-electron chi connectivity index (χ2n) is 2.71. The van der Waals surface area contributed by atoms with E-state index in [0.29, 0.717) is 5.88 Å². The summed E-state index contributed by atoms with van der Waals surface area (Å²) < 4.78 is 5.03. The number of halogens is 1. The highest BCUT2D eigenvalue weighted by Crippen LogP contribution is 2.08. The Hall–Kier alpha value is -1.20. The first-order valence-corrected chi connectivity index (χ1v) is 4.94. The summed E-state index contributed by atoms with van der Waals surface area (Å²) in [6.07, 6.45) is 5.12. The van der Waals surface area contributed by atoms with Crippen LogP contribution in [0.15, 0.2) is 18.5 Å². The molecule has 3 heteroatoms. The molecule has 2 nitrogen and oxygen atoms in total. The average Bonchev–Trinajstić information content (AvgIpc) is 2.25. The molecule has 0 aliphatic rings. The SMILES string of the molecule is COc1cncc(C#CCCCCl)c1.